The minimum Gasteiger partial charge on any atom is -0.440 e. The van der Waals surface area contributed by atoms with Gasteiger partial charge in [-0.05, 0) is 36.7 Å². The molecule has 2 N–H and O–H groups in total. The van der Waals surface area contributed by atoms with Crippen molar-refractivity contribution in [2.45, 2.75) is 12.5 Å². The molecule has 15 heavy (non-hydrogen) atoms. The number of halogens is 2. The molecule has 0 saturated carbocycles. The topological polar surface area (TPSA) is 54.3 Å². The Kier molecular flexibility index (Phi) is 4.45. The summed E-state index contributed by atoms with van der Waals surface area (Å²) in [5, 5.41) is 6.25. The van der Waals surface area contributed by atoms with E-state index in [2.05, 4.69) is 10.6 Å². The number of hydrogen-bond donors (Lipinski definition) is 2. The second kappa shape index (κ2) is 5.39. The highest BCUT2D eigenvalue weighted by molar-refractivity contribution is 6.29. The predicted molar refractivity (Wildman–Crippen MR) is 59.7 cm³/mol. The summed E-state index contributed by atoms with van der Waals surface area (Å²) >= 11 is 5.56. The second-order valence-electron chi connectivity index (χ2n) is 3.27. The summed E-state index contributed by atoms with van der Waals surface area (Å²) in [5.41, 5.74) is 0. The lowest BCUT2D eigenvalue weighted by Gasteiger charge is -2.08. The van der Waals surface area contributed by atoms with Crippen LogP contribution < -0.4 is 10.6 Å². The maximum absolute atomic E-state index is 11.5. The largest absolute Gasteiger partial charge is 0.440 e. The average molecular weight is 251 g/mol. The van der Waals surface area contributed by atoms with E-state index in [4.69, 9.17) is 16.0 Å². The Labute approximate surface area is 98.8 Å². The highest BCUT2D eigenvalue weighted by atomic mass is 35.5. The van der Waals surface area contributed by atoms with Gasteiger partial charge in [-0.2, -0.15) is 0 Å². The SMILES string of the molecule is Cl.O=C(NC1CCNC1)c1ccc(Cl)o1. The van der Waals surface area contributed by atoms with E-state index in [1.807, 2.05) is 0 Å². The number of amides is 1. The second-order valence-corrected chi connectivity index (χ2v) is 3.64. The van der Waals surface area contributed by atoms with Gasteiger partial charge in [0.25, 0.3) is 5.91 Å². The van der Waals surface area contributed by atoms with Crippen molar-refractivity contribution in [3.8, 4) is 0 Å². The average Bonchev–Trinajstić information content (AvgIpc) is 2.75. The van der Waals surface area contributed by atoms with E-state index >= 15 is 0 Å². The fourth-order valence-corrected chi connectivity index (χ4v) is 1.62. The molecule has 2 rings (SSSR count). The van der Waals surface area contributed by atoms with Crippen molar-refractivity contribution >= 4 is 29.9 Å². The van der Waals surface area contributed by atoms with Gasteiger partial charge in [-0.3, -0.25) is 4.79 Å². The number of furan rings is 1. The zero-order valence-electron chi connectivity index (χ0n) is 7.96. The van der Waals surface area contributed by atoms with E-state index in [0.29, 0.717) is 0 Å². The van der Waals surface area contributed by atoms with Crippen LogP contribution in [0, 0.1) is 0 Å². The van der Waals surface area contributed by atoms with Gasteiger partial charge >= 0.3 is 0 Å². The van der Waals surface area contributed by atoms with Crippen LogP contribution in [0.3, 0.4) is 0 Å². The number of rotatable bonds is 2. The fourth-order valence-electron chi connectivity index (χ4n) is 1.47. The molecule has 1 saturated heterocycles. The molecule has 1 aromatic rings. The van der Waals surface area contributed by atoms with Crippen LogP contribution in [0.1, 0.15) is 17.0 Å². The number of carbonyl (C=O) groups excluding carboxylic acids is 1. The van der Waals surface area contributed by atoms with Crippen molar-refractivity contribution in [2.75, 3.05) is 13.1 Å². The summed E-state index contributed by atoms with van der Waals surface area (Å²) in [6.45, 7) is 1.77. The van der Waals surface area contributed by atoms with Crippen molar-refractivity contribution in [1.29, 1.82) is 0 Å². The number of carbonyl (C=O) groups is 1. The van der Waals surface area contributed by atoms with E-state index in [1.54, 1.807) is 12.1 Å². The molecule has 1 aliphatic rings. The predicted octanol–water partition coefficient (Wildman–Crippen LogP) is 1.45. The van der Waals surface area contributed by atoms with Crippen LogP contribution in [0.2, 0.25) is 5.22 Å². The normalized spacial score (nSPS) is 19.7. The molecule has 2 heterocycles. The van der Waals surface area contributed by atoms with Crippen molar-refractivity contribution < 1.29 is 9.21 Å². The van der Waals surface area contributed by atoms with Crippen molar-refractivity contribution in [3.05, 3.63) is 23.1 Å². The summed E-state index contributed by atoms with van der Waals surface area (Å²) in [5.74, 6) is 0.0625. The Hall–Kier alpha value is -0.710. The highest BCUT2D eigenvalue weighted by Gasteiger charge is 2.19. The van der Waals surface area contributed by atoms with Gasteiger partial charge in [-0.15, -0.1) is 12.4 Å². The molecule has 0 aliphatic carbocycles. The Morgan fingerprint density at radius 2 is 2.40 bits per heavy atom. The van der Waals surface area contributed by atoms with E-state index in [0.717, 1.165) is 19.5 Å². The zero-order valence-corrected chi connectivity index (χ0v) is 9.53. The van der Waals surface area contributed by atoms with Crippen LogP contribution in [0.25, 0.3) is 0 Å². The van der Waals surface area contributed by atoms with E-state index in [9.17, 15) is 4.79 Å². The zero-order chi connectivity index (χ0) is 9.97. The molecular formula is C9H12Cl2N2O2. The third kappa shape index (κ3) is 3.12. The summed E-state index contributed by atoms with van der Waals surface area (Å²) in [6.07, 6.45) is 0.959. The standard InChI is InChI=1S/C9H11ClN2O2.ClH/c10-8-2-1-7(14-8)9(13)12-6-3-4-11-5-6;/h1-2,6,11H,3-5H2,(H,12,13);1H. The van der Waals surface area contributed by atoms with Gasteiger partial charge in [0.05, 0.1) is 0 Å². The molecule has 1 aliphatic heterocycles. The van der Waals surface area contributed by atoms with Crippen LogP contribution in [-0.4, -0.2) is 25.0 Å². The summed E-state index contributed by atoms with van der Waals surface area (Å²) in [7, 11) is 0. The Balaban J connectivity index is 0.00000112. The Morgan fingerprint density at radius 1 is 1.60 bits per heavy atom. The molecule has 6 heteroatoms. The van der Waals surface area contributed by atoms with Gasteiger partial charge < -0.3 is 15.1 Å². The van der Waals surface area contributed by atoms with Crippen molar-refractivity contribution in [2.24, 2.45) is 0 Å². The molecule has 1 unspecified atom stereocenters. The summed E-state index contributed by atoms with van der Waals surface area (Å²) in [4.78, 5) is 11.5. The lowest BCUT2D eigenvalue weighted by Crippen LogP contribution is -2.35. The minimum absolute atomic E-state index is 0. The quantitative estimate of drug-likeness (QED) is 0.836. The third-order valence-electron chi connectivity index (χ3n) is 2.19. The lowest BCUT2D eigenvalue weighted by atomic mass is 10.2. The van der Waals surface area contributed by atoms with Gasteiger partial charge in [-0.1, -0.05) is 0 Å². The van der Waals surface area contributed by atoms with Crippen LogP contribution in [-0.2, 0) is 0 Å². The van der Waals surface area contributed by atoms with Crippen molar-refractivity contribution in [1.82, 2.24) is 10.6 Å². The van der Waals surface area contributed by atoms with E-state index < -0.39 is 0 Å². The molecule has 0 radical (unpaired) electrons. The fraction of sp³-hybridized carbons (Fsp3) is 0.444. The maximum atomic E-state index is 11.5. The Bertz CT molecular complexity index is 335. The first-order valence-electron chi connectivity index (χ1n) is 4.52. The van der Waals surface area contributed by atoms with Crippen LogP contribution >= 0.6 is 24.0 Å². The van der Waals surface area contributed by atoms with Crippen molar-refractivity contribution in [3.63, 3.8) is 0 Å². The minimum atomic E-state index is -0.203. The molecule has 4 nitrogen and oxygen atoms in total. The number of hydrogen-bond acceptors (Lipinski definition) is 3. The molecule has 1 fully saturated rings. The molecule has 1 amide bonds. The highest BCUT2D eigenvalue weighted by Crippen LogP contribution is 2.13. The lowest BCUT2D eigenvalue weighted by molar-refractivity contribution is 0.0912. The van der Waals surface area contributed by atoms with E-state index in [-0.39, 0.29) is 35.3 Å². The van der Waals surface area contributed by atoms with Crippen LogP contribution in [0.4, 0.5) is 0 Å². The molecule has 0 spiro atoms. The maximum Gasteiger partial charge on any atom is 0.287 e. The molecule has 1 aromatic heterocycles. The first-order chi connectivity index (χ1) is 6.75. The number of nitrogens with one attached hydrogen (secondary N) is 2. The molecule has 1 atom stereocenters. The van der Waals surface area contributed by atoms with Crippen LogP contribution in [0.15, 0.2) is 16.5 Å². The van der Waals surface area contributed by atoms with E-state index in [1.165, 1.54) is 0 Å². The van der Waals surface area contributed by atoms with Crippen LogP contribution in [0.5, 0.6) is 0 Å². The van der Waals surface area contributed by atoms with Gasteiger partial charge in [0.15, 0.2) is 11.0 Å². The third-order valence-corrected chi connectivity index (χ3v) is 2.40. The first-order valence-corrected chi connectivity index (χ1v) is 4.90. The van der Waals surface area contributed by atoms with Gasteiger partial charge in [0.1, 0.15) is 0 Å². The molecule has 0 aromatic carbocycles. The summed E-state index contributed by atoms with van der Waals surface area (Å²) < 4.78 is 4.99. The smallest absolute Gasteiger partial charge is 0.287 e. The van der Waals surface area contributed by atoms with Gasteiger partial charge in [0, 0.05) is 12.6 Å². The monoisotopic (exact) mass is 250 g/mol. The Morgan fingerprint density at radius 3 is 2.93 bits per heavy atom. The molecular weight excluding hydrogens is 239 g/mol. The van der Waals surface area contributed by atoms with Gasteiger partial charge in [0.2, 0.25) is 0 Å². The molecule has 84 valence electrons. The van der Waals surface area contributed by atoms with Gasteiger partial charge in [-0.25, -0.2) is 0 Å². The molecule has 0 bridgehead atoms. The first kappa shape index (κ1) is 12.4. The summed E-state index contributed by atoms with van der Waals surface area (Å²) in [6, 6.07) is 3.33.